The molecule has 2 N–H and O–H groups in total. The number of nitrogens with two attached hydrogens (primary N) is 1. The predicted molar refractivity (Wildman–Crippen MR) is 63.7 cm³/mol. The van der Waals surface area contributed by atoms with E-state index in [1.165, 1.54) is 0 Å². The van der Waals surface area contributed by atoms with Crippen molar-refractivity contribution in [2.45, 2.75) is 20.3 Å². The maximum absolute atomic E-state index is 11.0. The van der Waals surface area contributed by atoms with Crippen molar-refractivity contribution >= 4 is 11.7 Å². The monoisotopic (exact) mass is 217 g/mol. The molecule has 0 radical (unpaired) electrons. The first-order chi connectivity index (χ1) is 7.65. The van der Waals surface area contributed by atoms with Crippen LogP contribution in [0.5, 0.6) is 0 Å². The van der Waals surface area contributed by atoms with E-state index in [2.05, 4.69) is 11.8 Å². The van der Waals surface area contributed by atoms with E-state index in [9.17, 15) is 4.79 Å². The Hall–Kier alpha value is -1.95. The molecular weight excluding hydrogens is 202 g/mol. The summed E-state index contributed by atoms with van der Waals surface area (Å²) < 4.78 is 4.76. The van der Waals surface area contributed by atoms with Crippen LogP contribution >= 0.6 is 0 Å². The minimum Gasteiger partial charge on any atom is -0.465 e. The number of carbonyl (C=O) groups excluding carboxylic acids is 1. The molecule has 0 aliphatic rings. The largest absolute Gasteiger partial charge is 0.465 e. The average Bonchev–Trinajstić information content (AvgIpc) is 2.25. The quantitative estimate of drug-likeness (QED) is 0.467. The maximum atomic E-state index is 11.0. The van der Waals surface area contributed by atoms with Crippen LogP contribution in [0.4, 0.5) is 5.69 Å². The first kappa shape index (κ1) is 12.1. The predicted octanol–water partition coefficient (Wildman–Crippen LogP) is 1.88. The molecule has 84 valence electrons. The SMILES string of the molecule is CCOC(=O)CC#Cc1cccc(C)c1N. The van der Waals surface area contributed by atoms with Gasteiger partial charge in [-0.1, -0.05) is 24.0 Å². The van der Waals surface area contributed by atoms with Gasteiger partial charge in [-0.3, -0.25) is 4.79 Å². The van der Waals surface area contributed by atoms with Gasteiger partial charge in [0.1, 0.15) is 6.42 Å². The first-order valence-corrected chi connectivity index (χ1v) is 5.14. The van der Waals surface area contributed by atoms with Crippen molar-refractivity contribution in [2.24, 2.45) is 0 Å². The summed E-state index contributed by atoms with van der Waals surface area (Å²) in [6.07, 6.45) is 0.0984. The molecule has 0 amide bonds. The Morgan fingerprint density at radius 3 is 2.94 bits per heavy atom. The Kier molecular flexibility index (Phi) is 4.41. The van der Waals surface area contributed by atoms with Crippen LogP contribution in [0.25, 0.3) is 0 Å². The molecule has 0 fully saturated rings. The fourth-order valence-electron chi connectivity index (χ4n) is 1.21. The summed E-state index contributed by atoms with van der Waals surface area (Å²) in [6, 6.07) is 5.65. The van der Waals surface area contributed by atoms with Gasteiger partial charge in [0.25, 0.3) is 0 Å². The summed E-state index contributed by atoms with van der Waals surface area (Å²) in [7, 11) is 0. The third kappa shape index (κ3) is 3.32. The normalized spacial score (nSPS) is 9.12. The number of rotatable bonds is 2. The number of para-hydroxylation sites is 1. The molecule has 0 aliphatic heterocycles. The van der Waals surface area contributed by atoms with Gasteiger partial charge in [0, 0.05) is 5.56 Å². The number of carbonyl (C=O) groups is 1. The number of ether oxygens (including phenoxy) is 1. The van der Waals surface area contributed by atoms with Crippen LogP contribution in [0, 0.1) is 18.8 Å². The smallest absolute Gasteiger partial charge is 0.317 e. The number of hydrogen-bond acceptors (Lipinski definition) is 3. The first-order valence-electron chi connectivity index (χ1n) is 5.14. The highest BCUT2D eigenvalue weighted by Gasteiger charge is 1.99. The Bertz CT molecular complexity index is 441. The zero-order valence-corrected chi connectivity index (χ0v) is 9.54. The zero-order chi connectivity index (χ0) is 12.0. The van der Waals surface area contributed by atoms with Crippen LogP contribution in [-0.4, -0.2) is 12.6 Å². The third-order valence-electron chi connectivity index (χ3n) is 2.09. The molecule has 1 rings (SSSR count). The highest BCUT2D eigenvalue weighted by Crippen LogP contribution is 2.14. The van der Waals surface area contributed by atoms with Gasteiger partial charge in [-0.25, -0.2) is 0 Å². The van der Waals surface area contributed by atoms with Crippen LogP contribution in [-0.2, 0) is 9.53 Å². The van der Waals surface area contributed by atoms with Gasteiger partial charge in [0.15, 0.2) is 0 Å². The van der Waals surface area contributed by atoms with Crippen molar-refractivity contribution in [1.29, 1.82) is 0 Å². The molecule has 3 heteroatoms. The molecule has 0 saturated carbocycles. The topological polar surface area (TPSA) is 52.3 Å². The van der Waals surface area contributed by atoms with Crippen molar-refractivity contribution in [1.82, 2.24) is 0 Å². The highest BCUT2D eigenvalue weighted by molar-refractivity contribution is 5.73. The van der Waals surface area contributed by atoms with E-state index < -0.39 is 0 Å². The number of hydrogen-bond donors (Lipinski definition) is 1. The minimum absolute atomic E-state index is 0.0984. The van der Waals surface area contributed by atoms with Crippen LogP contribution in [0.3, 0.4) is 0 Å². The van der Waals surface area contributed by atoms with Gasteiger partial charge in [-0.2, -0.15) is 0 Å². The number of nitrogen functional groups attached to an aromatic ring is 1. The Balaban J connectivity index is 2.70. The summed E-state index contributed by atoms with van der Waals surface area (Å²) in [5.41, 5.74) is 8.25. The molecule has 0 bridgehead atoms. The standard InChI is InChI=1S/C13H15NO2/c1-3-16-12(15)9-5-8-11-7-4-6-10(2)13(11)14/h4,6-7H,3,9,14H2,1-2H3. The lowest BCUT2D eigenvalue weighted by atomic mass is 10.1. The van der Waals surface area contributed by atoms with E-state index in [-0.39, 0.29) is 12.4 Å². The van der Waals surface area contributed by atoms with Crippen molar-refractivity contribution < 1.29 is 9.53 Å². The molecule has 16 heavy (non-hydrogen) atoms. The number of anilines is 1. The van der Waals surface area contributed by atoms with Gasteiger partial charge < -0.3 is 10.5 Å². The summed E-state index contributed by atoms with van der Waals surface area (Å²) in [5, 5.41) is 0. The van der Waals surface area contributed by atoms with E-state index in [1.54, 1.807) is 6.92 Å². The number of aryl methyl sites for hydroxylation is 1. The van der Waals surface area contributed by atoms with Gasteiger partial charge in [-0.05, 0) is 25.5 Å². The van der Waals surface area contributed by atoms with E-state index >= 15 is 0 Å². The summed E-state index contributed by atoms with van der Waals surface area (Å²) >= 11 is 0. The van der Waals surface area contributed by atoms with Crippen LogP contribution < -0.4 is 5.73 Å². The number of benzene rings is 1. The van der Waals surface area contributed by atoms with Crippen LogP contribution in [0.15, 0.2) is 18.2 Å². The summed E-state index contributed by atoms with van der Waals surface area (Å²) in [6.45, 7) is 4.07. The molecule has 1 aromatic rings. The van der Waals surface area contributed by atoms with Gasteiger partial charge in [0.05, 0.1) is 12.3 Å². The van der Waals surface area contributed by atoms with E-state index in [4.69, 9.17) is 10.5 Å². The second-order valence-electron chi connectivity index (χ2n) is 3.32. The lowest BCUT2D eigenvalue weighted by Gasteiger charge is -2.01. The van der Waals surface area contributed by atoms with E-state index in [0.29, 0.717) is 12.3 Å². The van der Waals surface area contributed by atoms with Crippen molar-refractivity contribution in [3.63, 3.8) is 0 Å². The molecule has 0 atom stereocenters. The zero-order valence-electron chi connectivity index (χ0n) is 9.54. The lowest BCUT2D eigenvalue weighted by Crippen LogP contribution is -2.01. The molecule has 1 aromatic carbocycles. The molecule has 0 aliphatic carbocycles. The van der Waals surface area contributed by atoms with Gasteiger partial charge >= 0.3 is 5.97 Å². The van der Waals surface area contributed by atoms with Crippen molar-refractivity contribution in [3.8, 4) is 11.8 Å². The number of esters is 1. The molecule has 0 heterocycles. The fourth-order valence-corrected chi connectivity index (χ4v) is 1.21. The van der Waals surface area contributed by atoms with E-state index in [0.717, 1.165) is 11.1 Å². The molecule has 0 unspecified atom stereocenters. The molecular formula is C13H15NO2. The second-order valence-corrected chi connectivity index (χ2v) is 3.32. The van der Waals surface area contributed by atoms with E-state index in [1.807, 2.05) is 25.1 Å². The van der Waals surface area contributed by atoms with Crippen molar-refractivity contribution in [3.05, 3.63) is 29.3 Å². The third-order valence-corrected chi connectivity index (χ3v) is 2.09. The molecule has 0 aromatic heterocycles. The minimum atomic E-state index is -0.304. The Morgan fingerprint density at radius 1 is 1.50 bits per heavy atom. The van der Waals surface area contributed by atoms with Crippen molar-refractivity contribution in [2.75, 3.05) is 12.3 Å². The van der Waals surface area contributed by atoms with Crippen LogP contribution in [0.2, 0.25) is 0 Å². The highest BCUT2D eigenvalue weighted by atomic mass is 16.5. The van der Waals surface area contributed by atoms with Gasteiger partial charge in [-0.15, -0.1) is 0 Å². The molecule has 3 nitrogen and oxygen atoms in total. The average molecular weight is 217 g/mol. The van der Waals surface area contributed by atoms with Gasteiger partial charge in [0.2, 0.25) is 0 Å². The lowest BCUT2D eigenvalue weighted by molar-refractivity contribution is -0.141. The Labute approximate surface area is 95.6 Å². The fraction of sp³-hybridized carbons (Fsp3) is 0.308. The summed E-state index contributed by atoms with van der Waals surface area (Å²) in [4.78, 5) is 11.0. The van der Waals surface area contributed by atoms with Crippen LogP contribution in [0.1, 0.15) is 24.5 Å². The Morgan fingerprint density at radius 2 is 2.25 bits per heavy atom. The molecule has 0 saturated heterocycles. The summed E-state index contributed by atoms with van der Waals surface area (Å²) in [5.74, 6) is 5.31. The molecule has 0 spiro atoms. The maximum Gasteiger partial charge on any atom is 0.317 e. The second kappa shape index (κ2) is 5.82.